The molecule has 2 nitrogen and oxygen atoms in total. The lowest BCUT2D eigenvalue weighted by Gasteiger charge is -1.95. The number of aliphatic hydroxyl groups excluding tert-OH is 1. The fourth-order valence-corrected chi connectivity index (χ4v) is 0.795. The molecule has 0 radical (unpaired) electrons. The third-order valence-electron chi connectivity index (χ3n) is 1.19. The summed E-state index contributed by atoms with van der Waals surface area (Å²) in [6, 6.07) is 3.57. The van der Waals surface area contributed by atoms with Crippen molar-refractivity contribution in [1.82, 2.24) is 4.98 Å². The van der Waals surface area contributed by atoms with Crippen molar-refractivity contribution in [2.24, 2.45) is 0 Å². The number of nitrogens with zero attached hydrogens (tertiary/aromatic N) is 1. The van der Waals surface area contributed by atoms with Gasteiger partial charge in [-0.2, -0.15) is 0 Å². The van der Waals surface area contributed by atoms with Gasteiger partial charge in [-0.15, -0.1) is 0 Å². The zero-order chi connectivity index (χ0) is 7.40. The second-order valence-corrected chi connectivity index (χ2v) is 2.35. The maximum Gasteiger partial charge on any atom is 0.129 e. The van der Waals surface area contributed by atoms with Crippen LogP contribution >= 0.6 is 11.6 Å². The molecule has 0 bridgehead atoms. The van der Waals surface area contributed by atoms with Gasteiger partial charge in [0.2, 0.25) is 0 Å². The molecule has 3 heteroatoms. The first-order valence-corrected chi connectivity index (χ1v) is 3.42. The Kier molecular flexibility index (Phi) is 2.66. The van der Waals surface area contributed by atoms with Gasteiger partial charge >= 0.3 is 0 Å². The predicted octanol–water partition coefficient (Wildman–Crippen LogP) is 1.27. The van der Waals surface area contributed by atoms with Crippen molar-refractivity contribution >= 4 is 11.6 Å². The van der Waals surface area contributed by atoms with Gasteiger partial charge in [0, 0.05) is 12.8 Å². The van der Waals surface area contributed by atoms with E-state index < -0.39 is 0 Å². The lowest BCUT2D eigenvalue weighted by Crippen LogP contribution is -1.90. The SMILES string of the molecule is OCCc1ccc(Cl)nc1. The van der Waals surface area contributed by atoms with Crippen LogP contribution in [0.1, 0.15) is 5.56 Å². The zero-order valence-electron chi connectivity index (χ0n) is 5.42. The van der Waals surface area contributed by atoms with Crippen molar-refractivity contribution in [3.63, 3.8) is 0 Å². The van der Waals surface area contributed by atoms with Crippen LogP contribution < -0.4 is 0 Å². The molecule has 0 aliphatic heterocycles. The van der Waals surface area contributed by atoms with Gasteiger partial charge in [-0.1, -0.05) is 17.7 Å². The minimum atomic E-state index is 0.156. The van der Waals surface area contributed by atoms with E-state index >= 15 is 0 Å². The quantitative estimate of drug-likeness (QED) is 0.656. The Morgan fingerprint density at radius 1 is 1.50 bits per heavy atom. The fourth-order valence-electron chi connectivity index (χ4n) is 0.683. The van der Waals surface area contributed by atoms with E-state index in [2.05, 4.69) is 4.98 Å². The summed E-state index contributed by atoms with van der Waals surface area (Å²) in [6.45, 7) is 0.156. The minimum Gasteiger partial charge on any atom is -0.396 e. The normalized spacial score (nSPS) is 9.80. The zero-order valence-corrected chi connectivity index (χ0v) is 6.17. The monoisotopic (exact) mass is 157 g/mol. The molecule has 0 fully saturated rings. The van der Waals surface area contributed by atoms with Crippen molar-refractivity contribution in [3.05, 3.63) is 29.0 Å². The molecule has 1 N–H and O–H groups in total. The lowest BCUT2D eigenvalue weighted by molar-refractivity contribution is 0.299. The van der Waals surface area contributed by atoms with Crippen LogP contribution in [0.25, 0.3) is 0 Å². The Hall–Kier alpha value is -0.600. The number of halogens is 1. The Morgan fingerprint density at radius 2 is 2.30 bits per heavy atom. The molecule has 0 aliphatic carbocycles. The van der Waals surface area contributed by atoms with Crippen molar-refractivity contribution in [2.45, 2.75) is 6.42 Å². The molecule has 0 amide bonds. The van der Waals surface area contributed by atoms with E-state index in [-0.39, 0.29) is 6.61 Å². The largest absolute Gasteiger partial charge is 0.396 e. The van der Waals surface area contributed by atoms with Crippen LogP contribution in [-0.4, -0.2) is 16.7 Å². The van der Waals surface area contributed by atoms with Crippen LogP contribution in [0.5, 0.6) is 0 Å². The molecule has 0 spiro atoms. The van der Waals surface area contributed by atoms with Crippen molar-refractivity contribution in [2.75, 3.05) is 6.61 Å². The van der Waals surface area contributed by atoms with E-state index in [1.807, 2.05) is 6.07 Å². The molecule has 1 rings (SSSR count). The predicted molar refractivity (Wildman–Crippen MR) is 40.0 cm³/mol. The summed E-state index contributed by atoms with van der Waals surface area (Å²) in [7, 11) is 0. The highest BCUT2D eigenvalue weighted by Gasteiger charge is 1.90. The van der Waals surface area contributed by atoms with Crippen LogP contribution in [0.2, 0.25) is 5.15 Å². The average molecular weight is 158 g/mol. The van der Waals surface area contributed by atoms with E-state index in [1.54, 1.807) is 12.3 Å². The van der Waals surface area contributed by atoms with Crippen LogP contribution in [0, 0.1) is 0 Å². The van der Waals surface area contributed by atoms with Gasteiger partial charge in [0.1, 0.15) is 5.15 Å². The Morgan fingerprint density at radius 3 is 2.80 bits per heavy atom. The highest BCUT2D eigenvalue weighted by molar-refractivity contribution is 6.29. The summed E-state index contributed by atoms with van der Waals surface area (Å²) in [4.78, 5) is 3.85. The second-order valence-electron chi connectivity index (χ2n) is 1.96. The highest BCUT2D eigenvalue weighted by atomic mass is 35.5. The van der Waals surface area contributed by atoms with Crippen LogP contribution in [0.3, 0.4) is 0 Å². The minimum absolute atomic E-state index is 0.156. The first kappa shape index (κ1) is 7.51. The molecule has 0 aliphatic rings. The molecule has 0 saturated heterocycles. The van der Waals surface area contributed by atoms with E-state index in [4.69, 9.17) is 16.7 Å². The van der Waals surface area contributed by atoms with E-state index in [0.717, 1.165) is 5.56 Å². The Bertz CT molecular complexity index is 197. The summed E-state index contributed by atoms with van der Waals surface area (Å²) >= 11 is 5.54. The number of hydrogen-bond donors (Lipinski definition) is 1. The summed E-state index contributed by atoms with van der Waals surface area (Å²) in [6.07, 6.45) is 2.31. The van der Waals surface area contributed by atoms with E-state index in [1.165, 1.54) is 0 Å². The fraction of sp³-hybridized carbons (Fsp3) is 0.286. The number of pyridine rings is 1. The summed E-state index contributed by atoms with van der Waals surface area (Å²) in [5, 5.41) is 9.02. The maximum atomic E-state index is 8.53. The van der Waals surface area contributed by atoms with Gasteiger partial charge in [0.25, 0.3) is 0 Å². The molecular weight excluding hydrogens is 150 g/mol. The van der Waals surface area contributed by atoms with Gasteiger partial charge in [-0.25, -0.2) is 4.98 Å². The van der Waals surface area contributed by atoms with Gasteiger partial charge in [-0.3, -0.25) is 0 Å². The topological polar surface area (TPSA) is 33.1 Å². The molecule has 1 heterocycles. The van der Waals surface area contributed by atoms with Gasteiger partial charge < -0.3 is 5.11 Å². The number of rotatable bonds is 2. The molecule has 0 aromatic carbocycles. The first-order chi connectivity index (χ1) is 4.83. The maximum absolute atomic E-state index is 8.53. The summed E-state index contributed by atoms with van der Waals surface area (Å²) in [5.41, 5.74) is 1.01. The third kappa shape index (κ3) is 1.97. The molecule has 1 aromatic heterocycles. The van der Waals surface area contributed by atoms with Gasteiger partial charge in [0.05, 0.1) is 0 Å². The number of hydrogen-bond acceptors (Lipinski definition) is 2. The van der Waals surface area contributed by atoms with E-state index in [0.29, 0.717) is 11.6 Å². The average Bonchev–Trinajstić information content (AvgIpc) is 1.95. The smallest absolute Gasteiger partial charge is 0.129 e. The Balaban J connectivity index is 2.69. The number of aromatic nitrogens is 1. The highest BCUT2D eigenvalue weighted by Crippen LogP contribution is 2.04. The molecule has 0 atom stereocenters. The summed E-state index contributed by atoms with van der Waals surface area (Å²) in [5.74, 6) is 0. The van der Waals surface area contributed by atoms with Crippen molar-refractivity contribution in [1.29, 1.82) is 0 Å². The lowest BCUT2D eigenvalue weighted by atomic mass is 10.2. The molecule has 1 aromatic rings. The Labute approximate surface area is 64.5 Å². The molecule has 10 heavy (non-hydrogen) atoms. The van der Waals surface area contributed by atoms with Crippen molar-refractivity contribution < 1.29 is 5.11 Å². The molecule has 54 valence electrons. The van der Waals surface area contributed by atoms with Crippen molar-refractivity contribution in [3.8, 4) is 0 Å². The van der Waals surface area contributed by atoms with E-state index in [9.17, 15) is 0 Å². The van der Waals surface area contributed by atoms with Crippen LogP contribution in [0.4, 0.5) is 0 Å². The standard InChI is InChI=1S/C7H8ClNO/c8-7-2-1-6(3-4-10)5-9-7/h1-2,5,10H,3-4H2. The van der Waals surface area contributed by atoms with Crippen LogP contribution in [-0.2, 0) is 6.42 Å². The molecule has 0 saturated carbocycles. The van der Waals surface area contributed by atoms with Gasteiger partial charge in [-0.05, 0) is 18.1 Å². The first-order valence-electron chi connectivity index (χ1n) is 3.04. The molecular formula is C7H8ClNO. The summed E-state index contributed by atoms with van der Waals surface area (Å²) < 4.78 is 0. The van der Waals surface area contributed by atoms with Gasteiger partial charge in [0.15, 0.2) is 0 Å². The second kappa shape index (κ2) is 3.54. The number of aliphatic hydroxyl groups is 1. The molecule has 0 unspecified atom stereocenters. The third-order valence-corrected chi connectivity index (χ3v) is 1.41. The van der Waals surface area contributed by atoms with Crippen LogP contribution in [0.15, 0.2) is 18.3 Å².